The number of morpholine rings is 1. The molecule has 0 radical (unpaired) electrons. The van der Waals surface area contributed by atoms with Crippen LogP contribution in [0.2, 0.25) is 0 Å². The summed E-state index contributed by atoms with van der Waals surface area (Å²) in [7, 11) is -3.73. The molecule has 2 aliphatic heterocycles. The molecule has 218 valence electrons. The lowest BCUT2D eigenvalue weighted by Gasteiger charge is -2.34. The van der Waals surface area contributed by atoms with Gasteiger partial charge in [-0.3, -0.25) is 9.69 Å². The maximum atomic E-state index is 13.3. The fraction of sp³-hybridized carbons (Fsp3) is 0.400. The quantitative estimate of drug-likeness (QED) is 0.381. The molecule has 0 bridgehead atoms. The number of esters is 1. The van der Waals surface area contributed by atoms with Crippen molar-refractivity contribution < 1.29 is 27.5 Å². The lowest BCUT2D eigenvalue weighted by atomic mass is 10.0. The predicted octanol–water partition coefficient (Wildman–Crippen LogP) is 4.53. The van der Waals surface area contributed by atoms with E-state index in [0.29, 0.717) is 29.1 Å². The van der Waals surface area contributed by atoms with Crippen LogP contribution in [-0.4, -0.2) is 67.9 Å². The first kappa shape index (κ1) is 29.4. The Labute approximate surface area is 245 Å². The van der Waals surface area contributed by atoms with Gasteiger partial charge in [0.25, 0.3) is 5.91 Å². The number of thiophene rings is 1. The largest absolute Gasteiger partial charge is 0.462 e. The van der Waals surface area contributed by atoms with Gasteiger partial charge in [-0.15, -0.1) is 11.3 Å². The van der Waals surface area contributed by atoms with Crippen molar-refractivity contribution in [3.63, 3.8) is 0 Å². The van der Waals surface area contributed by atoms with Crippen molar-refractivity contribution in [2.45, 2.75) is 57.4 Å². The van der Waals surface area contributed by atoms with Crippen LogP contribution in [0.25, 0.3) is 0 Å². The number of hydrogen-bond donors (Lipinski definition) is 1. The Morgan fingerprint density at radius 3 is 2.39 bits per heavy atom. The Bertz CT molecular complexity index is 1490. The summed E-state index contributed by atoms with van der Waals surface area (Å²) in [5, 5.41) is 3.36. The predicted molar refractivity (Wildman–Crippen MR) is 158 cm³/mol. The van der Waals surface area contributed by atoms with Gasteiger partial charge in [-0.25, -0.2) is 13.2 Å². The molecule has 11 heteroatoms. The van der Waals surface area contributed by atoms with Crippen molar-refractivity contribution in [3.8, 4) is 0 Å². The third kappa shape index (κ3) is 6.54. The van der Waals surface area contributed by atoms with Crippen LogP contribution in [0.4, 0.5) is 5.00 Å². The van der Waals surface area contributed by atoms with Crippen molar-refractivity contribution in [2.24, 2.45) is 0 Å². The normalized spacial score (nSPS) is 19.9. The molecule has 41 heavy (non-hydrogen) atoms. The Hall–Kier alpha value is -3.09. The summed E-state index contributed by atoms with van der Waals surface area (Å²) in [5.41, 5.74) is 2.84. The number of anilines is 1. The van der Waals surface area contributed by atoms with Gasteiger partial charge in [-0.2, -0.15) is 4.31 Å². The number of hydrogen-bond acceptors (Lipinski definition) is 8. The Kier molecular flexibility index (Phi) is 8.91. The molecule has 1 saturated heterocycles. The van der Waals surface area contributed by atoms with E-state index < -0.39 is 21.9 Å². The second-order valence-electron chi connectivity index (χ2n) is 10.4. The van der Waals surface area contributed by atoms with Crippen LogP contribution in [0.5, 0.6) is 0 Å². The van der Waals surface area contributed by atoms with Crippen LogP contribution in [-0.2, 0) is 39.0 Å². The minimum absolute atomic E-state index is 0.118. The van der Waals surface area contributed by atoms with E-state index in [9.17, 15) is 18.0 Å². The SMILES string of the molecule is CCOC(=O)c1c(NC(=O)c2ccc(S(=O)(=O)N3C[C@@H](C)O[C@H](C)C3)cc2)sc2c1CCN(Cc1ccccc1)C2. The zero-order valence-electron chi connectivity index (χ0n) is 23.5. The summed E-state index contributed by atoms with van der Waals surface area (Å²) < 4.78 is 38.8. The van der Waals surface area contributed by atoms with E-state index in [1.165, 1.54) is 45.5 Å². The van der Waals surface area contributed by atoms with E-state index in [0.717, 1.165) is 23.5 Å². The molecule has 0 spiro atoms. The molecule has 1 N–H and O–H groups in total. The second-order valence-corrected chi connectivity index (χ2v) is 13.5. The van der Waals surface area contributed by atoms with Gasteiger partial charge >= 0.3 is 5.97 Å². The van der Waals surface area contributed by atoms with Crippen LogP contribution in [0.3, 0.4) is 0 Å². The van der Waals surface area contributed by atoms with Gasteiger partial charge in [-0.05, 0) is 62.6 Å². The van der Waals surface area contributed by atoms with E-state index in [-0.39, 0.29) is 36.8 Å². The monoisotopic (exact) mass is 597 g/mol. The molecule has 1 aromatic heterocycles. The van der Waals surface area contributed by atoms with Gasteiger partial charge in [0.05, 0.1) is 29.3 Å². The van der Waals surface area contributed by atoms with Crippen LogP contribution < -0.4 is 5.32 Å². The highest BCUT2D eigenvalue weighted by molar-refractivity contribution is 7.89. The molecule has 3 heterocycles. The molecule has 0 aliphatic carbocycles. The highest BCUT2D eigenvalue weighted by atomic mass is 32.2. The molecule has 2 atom stereocenters. The van der Waals surface area contributed by atoms with Gasteiger partial charge in [-0.1, -0.05) is 30.3 Å². The van der Waals surface area contributed by atoms with E-state index in [4.69, 9.17) is 9.47 Å². The lowest BCUT2D eigenvalue weighted by Crippen LogP contribution is -2.48. The van der Waals surface area contributed by atoms with Gasteiger partial charge in [0, 0.05) is 43.2 Å². The van der Waals surface area contributed by atoms with Gasteiger partial charge in [0.15, 0.2) is 0 Å². The molecule has 0 saturated carbocycles. The Balaban J connectivity index is 1.34. The van der Waals surface area contributed by atoms with Crippen molar-refractivity contribution in [1.82, 2.24) is 9.21 Å². The number of carbonyl (C=O) groups excluding carboxylic acids is 2. The van der Waals surface area contributed by atoms with E-state index in [2.05, 4.69) is 22.3 Å². The van der Waals surface area contributed by atoms with E-state index in [1.54, 1.807) is 6.92 Å². The summed E-state index contributed by atoms with van der Waals surface area (Å²) in [5.74, 6) is -0.875. The number of nitrogens with one attached hydrogen (secondary N) is 1. The summed E-state index contributed by atoms with van der Waals surface area (Å²) in [4.78, 5) is 29.7. The van der Waals surface area contributed by atoms with Crippen LogP contribution >= 0.6 is 11.3 Å². The Morgan fingerprint density at radius 2 is 1.73 bits per heavy atom. The molecule has 2 aliphatic rings. The lowest BCUT2D eigenvalue weighted by molar-refractivity contribution is -0.0440. The van der Waals surface area contributed by atoms with Crippen molar-refractivity contribution >= 4 is 38.2 Å². The number of sulfonamides is 1. The third-order valence-corrected chi connectivity index (χ3v) is 10.2. The zero-order chi connectivity index (χ0) is 29.1. The topological polar surface area (TPSA) is 105 Å². The minimum atomic E-state index is -3.73. The first-order valence-corrected chi connectivity index (χ1v) is 16.1. The number of ether oxygens (including phenoxy) is 2. The van der Waals surface area contributed by atoms with Crippen molar-refractivity contribution in [3.05, 3.63) is 81.7 Å². The summed E-state index contributed by atoms with van der Waals surface area (Å²) >= 11 is 1.39. The number of amides is 1. The average Bonchev–Trinajstić information content (AvgIpc) is 3.30. The van der Waals surface area contributed by atoms with Gasteiger partial charge < -0.3 is 14.8 Å². The number of rotatable bonds is 8. The molecular formula is C30H35N3O6S2. The van der Waals surface area contributed by atoms with Crippen molar-refractivity contribution in [1.29, 1.82) is 0 Å². The number of carbonyl (C=O) groups is 2. The number of nitrogens with zero attached hydrogens (tertiary/aromatic N) is 2. The maximum Gasteiger partial charge on any atom is 0.341 e. The zero-order valence-corrected chi connectivity index (χ0v) is 25.1. The fourth-order valence-electron chi connectivity index (χ4n) is 5.37. The molecule has 5 rings (SSSR count). The Morgan fingerprint density at radius 1 is 1.05 bits per heavy atom. The molecule has 3 aromatic rings. The summed E-state index contributed by atoms with van der Waals surface area (Å²) in [6.07, 6.45) is 0.275. The van der Waals surface area contributed by atoms with E-state index in [1.807, 2.05) is 32.0 Å². The highest BCUT2D eigenvalue weighted by Gasteiger charge is 2.33. The first-order chi connectivity index (χ1) is 19.7. The standard InChI is InChI=1S/C30H35N3O6S2/c1-4-38-30(35)27-25-14-15-32(18-22-8-6-5-7-9-22)19-26(25)40-29(27)31-28(34)23-10-12-24(13-11-23)41(36,37)33-16-20(2)39-21(3)17-33/h5-13,20-21H,4,14-19H2,1-3H3,(H,31,34)/t20-,21-/m1/s1. The maximum absolute atomic E-state index is 13.3. The van der Waals surface area contributed by atoms with Crippen LogP contribution in [0.15, 0.2) is 59.5 Å². The van der Waals surface area contributed by atoms with Crippen LogP contribution in [0, 0.1) is 0 Å². The fourth-order valence-corrected chi connectivity index (χ4v) is 8.23. The number of fused-ring (bicyclic) bond motifs is 1. The molecule has 2 aromatic carbocycles. The molecular weight excluding hydrogens is 562 g/mol. The molecule has 9 nitrogen and oxygen atoms in total. The van der Waals surface area contributed by atoms with Gasteiger partial charge in [0.1, 0.15) is 5.00 Å². The third-order valence-electron chi connectivity index (χ3n) is 7.23. The molecule has 1 fully saturated rings. The van der Waals surface area contributed by atoms with Gasteiger partial charge in [0.2, 0.25) is 10.0 Å². The summed E-state index contributed by atoms with van der Waals surface area (Å²) in [6, 6.07) is 16.1. The van der Waals surface area contributed by atoms with Crippen molar-refractivity contribution in [2.75, 3.05) is 31.6 Å². The number of benzene rings is 2. The molecule has 0 unspecified atom stereocenters. The second kappa shape index (κ2) is 12.4. The smallest absolute Gasteiger partial charge is 0.341 e. The van der Waals surface area contributed by atoms with Crippen LogP contribution in [0.1, 0.15) is 57.5 Å². The summed E-state index contributed by atoms with van der Waals surface area (Å²) in [6.45, 7) is 8.48. The first-order valence-electron chi connectivity index (χ1n) is 13.8. The average molecular weight is 598 g/mol. The molecule has 1 amide bonds. The van der Waals surface area contributed by atoms with E-state index >= 15 is 0 Å². The minimum Gasteiger partial charge on any atom is -0.462 e. The highest BCUT2D eigenvalue weighted by Crippen LogP contribution is 2.38.